The van der Waals surface area contributed by atoms with Crippen LogP contribution < -0.4 is 4.90 Å². The van der Waals surface area contributed by atoms with Gasteiger partial charge in [0.15, 0.2) is 0 Å². The van der Waals surface area contributed by atoms with Crippen molar-refractivity contribution in [1.82, 2.24) is 0 Å². The average molecular weight is 654 g/mol. The van der Waals surface area contributed by atoms with Crippen LogP contribution in [0.1, 0.15) is 25.0 Å². The molecule has 0 unspecified atom stereocenters. The summed E-state index contributed by atoms with van der Waals surface area (Å²) in [6.07, 6.45) is 0. The van der Waals surface area contributed by atoms with Gasteiger partial charge in [0, 0.05) is 33.1 Å². The average Bonchev–Trinajstić information content (AvgIpc) is 3.67. The Labute approximate surface area is 297 Å². The number of furan rings is 1. The molecule has 0 atom stereocenters. The van der Waals surface area contributed by atoms with Crippen molar-refractivity contribution in [3.63, 3.8) is 0 Å². The van der Waals surface area contributed by atoms with E-state index in [1.54, 1.807) is 0 Å². The molecule has 1 aliphatic rings. The maximum absolute atomic E-state index is 6.12. The summed E-state index contributed by atoms with van der Waals surface area (Å²) in [6.45, 7) is 4.70. The number of hydrogen-bond donors (Lipinski definition) is 0. The topological polar surface area (TPSA) is 16.4 Å². The molecular weight excluding hydrogens is 619 g/mol. The van der Waals surface area contributed by atoms with Gasteiger partial charge in [-0.1, -0.05) is 141 Å². The summed E-state index contributed by atoms with van der Waals surface area (Å²) in [5, 5.41) is 4.72. The third-order valence-electron chi connectivity index (χ3n) is 10.9. The molecular formula is C49H35NO. The number of rotatable bonds is 5. The van der Waals surface area contributed by atoms with Gasteiger partial charge in [0.2, 0.25) is 0 Å². The normalized spacial score (nSPS) is 13.1. The highest BCUT2D eigenvalue weighted by atomic mass is 16.3. The smallest absolute Gasteiger partial charge is 0.135 e. The van der Waals surface area contributed by atoms with Gasteiger partial charge in [-0.25, -0.2) is 0 Å². The molecule has 0 radical (unpaired) electrons. The molecule has 1 aliphatic carbocycles. The molecule has 0 N–H and O–H groups in total. The van der Waals surface area contributed by atoms with E-state index in [0.717, 1.165) is 44.6 Å². The highest BCUT2D eigenvalue weighted by molar-refractivity contribution is 6.06. The Morgan fingerprint density at radius 3 is 1.96 bits per heavy atom. The van der Waals surface area contributed by atoms with Crippen molar-refractivity contribution >= 4 is 49.8 Å². The van der Waals surface area contributed by atoms with Crippen LogP contribution in [0.25, 0.3) is 66.1 Å². The lowest BCUT2D eigenvalue weighted by molar-refractivity contribution is 0.660. The van der Waals surface area contributed by atoms with Crippen LogP contribution in [0.3, 0.4) is 0 Å². The van der Waals surface area contributed by atoms with Gasteiger partial charge in [-0.15, -0.1) is 0 Å². The van der Waals surface area contributed by atoms with Gasteiger partial charge in [-0.05, 0) is 98.2 Å². The largest absolute Gasteiger partial charge is 0.456 e. The van der Waals surface area contributed by atoms with Crippen LogP contribution >= 0.6 is 0 Å². The van der Waals surface area contributed by atoms with Crippen molar-refractivity contribution in [2.75, 3.05) is 4.90 Å². The van der Waals surface area contributed by atoms with Crippen LogP contribution in [0.4, 0.5) is 17.1 Å². The molecule has 0 saturated heterocycles. The molecule has 0 fully saturated rings. The molecule has 9 aromatic rings. The summed E-state index contributed by atoms with van der Waals surface area (Å²) in [5.41, 5.74) is 15.3. The Hall–Kier alpha value is -6.38. The number of nitrogens with zero attached hydrogens (tertiary/aromatic N) is 1. The van der Waals surface area contributed by atoms with Gasteiger partial charge in [0.05, 0.1) is 5.69 Å². The Morgan fingerprint density at radius 2 is 1.08 bits per heavy atom. The number of hydrogen-bond acceptors (Lipinski definition) is 2. The van der Waals surface area contributed by atoms with E-state index in [4.69, 9.17) is 4.42 Å². The van der Waals surface area contributed by atoms with Crippen LogP contribution in [-0.2, 0) is 5.41 Å². The first kappa shape index (κ1) is 29.5. The third-order valence-corrected chi connectivity index (χ3v) is 10.9. The van der Waals surface area contributed by atoms with Gasteiger partial charge < -0.3 is 9.32 Å². The monoisotopic (exact) mass is 653 g/mol. The molecule has 2 nitrogen and oxygen atoms in total. The summed E-state index contributed by atoms with van der Waals surface area (Å²) in [6, 6.07) is 63.8. The maximum Gasteiger partial charge on any atom is 0.135 e. The Balaban J connectivity index is 1.15. The van der Waals surface area contributed by atoms with E-state index >= 15 is 0 Å². The van der Waals surface area contributed by atoms with Crippen molar-refractivity contribution in [3.8, 4) is 33.4 Å². The zero-order chi connectivity index (χ0) is 34.1. The SMILES string of the molecule is CC1(C)c2ccccc2-c2c(-c3ccccc3N(c3ccc(-c4ccc5oc6ccccc6c5c4)cc3)c3ccc4ccccc4c3)cccc21. The molecule has 0 bridgehead atoms. The summed E-state index contributed by atoms with van der Waals surface area (Å²) in [7, 11) is 0. The Kier molecular flexibility index (Phi) is 6.56. The molecule has 8 aromatic carbocycles. The molecule has 0 saturated carbocycles. The highest BCUT2D eigenvalue weighted by Crippen LogP contribution is 2.53. The standard InChI is InChI=1S/C49H35NO/c1-49(2)43-18-8-5-16-41(43)48-40(17-11-19-44(48)49)38-14-6-9-20-45(38)50(37-28-24-32-12-3-4-13-34(32)30-37)36-26-22-33(23-27-36)35-25-29-47-42(31-35)39-15-7-10-21-46(39)51-47/h3-31H,1-2H3. The number of para-hydroxylation sites is 2. The highest BCUT2D eigenvalue weighted by Gasteiger charge is 2.37. The fourth-order valence-electron chi connectivity index (χ4n) is 8.33. The summed E-state index contributed by atoms with van der Waals surface area (Å²) in [4.78, 5) is 2.42. The van der Waals surface area contributed by atoms with Crippen molar-refractivity contribution < 1.29 is 4.42 Å². The van der Waals surface area contributed by atoms with Gasteiger partial charge in [0.25, 0.3) is 0 Å². The van der Waals surface area contributed by atoms with Crippen LogP contribution in [0.5, 0.6) is 0 Å². The zero-order valence-corrected chi connectivity index (χ0v) is 28.6. The van der Waals surface area contributed by atoms with E-state index in [2.05, 4.69) is 183 Å². The lowest BCUT2D eigenvalue weighted by atomic mass is 9.82. The van der Waals surface area contributed by atoms with Crippen LogP contribution in [0, 0.1) is 0 Å². The van der Waals surface area contributed by atoms with Crippen molar-refractivity contribution in [3.05, 3.63) is 187 Å². The maximum atomic E-state index is 6.12. The van der Waals surface area contributed by atoms with E-state index < -0.39 is 0 Å². The Bertz CT molecular complexity index is 2780. The molecule has 10 rings (SSSR count). The minimum atomic E-state index is -0.0729. The lowest BCUT2D eigenvalue weighted by Crippen LogP contribution is -2.14. The van der Waals surface area contributed by atoms with Gasteiger partial charge in [0.1, 0.15) is 11.2 Å². The second-order valence-electron chi connectivity index (χ2n) is 14.1. The van der Waals surface area contributed by atoms with Crippen molar-refractivity contribution in [2.45, 2.75) is 19.3 Å². The van der Waals surface area contributed by atoms with E-state index in [1.165, 1.54) is 49.7 Å². The number of benzene rings is 8. The molecule has 51 heavy (non-hydrogen) atoms. The van der Waals surface area contributed by atoms with Gasteiger partial charge in [-0.3, -0.25) is 0 Å². The van der Waals surface area contributed by atoms with Crippen LogP contribution in [0.15, 0.2) is 180 Å². The molecule has 2 heteroatoms. The quantitative estimate of drug-likeness (QED) is 0.184. The molecule has 0 amide bonds. The third kappa shape index (κ3) is 4.64. The minimum Gasteiger partial charge on any atom is -0.456 e. The van der Waals surface area contributed by atoms with E-state index in [1.807, 2.05) is 12.1 Å². The minimum absolute atomic E-state index is 0.0729. The molecule has 242 valence electrons. The first-order valence-electron chi connectivity index (χ1n) is 17.7. The van der Waals surface area contributed by atoms with E-state index in [0.29, 0.717) is 0 Å². The number of anilines is 3. The summed E-state index contributed by atoms with van der Waals surface area (Å²) < 4.78 is 6.12. The fourth-order valence-corrected chi connectivity index (χ4v) is 8.33. The predicted octanol–water partition coefficient (Wildman–Crippen LogP) is 13.8. The van der Waals surface area contributed by atoms with Crippen molar-refractivity contribution in [2.24, 2.45) is 0 Å². The first-order chi connectivity index (χ1) is 25.0. The Morgan fingerprint density at radius 1 is 0.431 bits per heavy atom. The van der Waals surface area contributed by atoms with Crippen LogP contribution in [-0.4, -0.2) is 0 Å². The second kappa shape index (κ2) is 11.3. The van der Waals surface area contributed by atoms with Gasteiger partial charge >= 0.3 is 0 Å². The number of fused-ring (bicyclic) bond motifs is 7. The molecule has 1 aromatic heterocycles. The predicted molar refractivity (Wildman–Crippen MR) is 214 cm³/mol. The first-order valence-corrected chi connectivity index (χ1v) is 17.7. The van der Waals surface area contributed by atoms with Crippen molar-refractivity contribution in [1.29, 1.82) is 0 Å². The van der Waals surface area contributed by atoms with E-state index in [-0.39, 0.29) is 5.41 Å². The second-order valence-corrected chi connectivity index (χ2v) is 14.1. The van der Waals surface area contributed by atoms with Gasteiger partial charge in [-0.2, -0.15) is 0 Å². The zero-order valence-electron chi connectivity index (χ0n) is 28.6. The lowest BCUT2D eigenvalue weighted by Gasteiger charge is -2.29. The van der Waals surface area contributed by atoms with Crippen LogP contribution in [0.2, 0.25) is 0 Å². The molecule has 0 spiro atoms. The van der Waals surface area contributed by atoms with E-state index in [9.17, 15) is 0 Å². The summed E-state index contributed by atoms with van der Waals surface area (Å²) >= 11 is 0. The molecule has 0 aliphatic heterocycles. The molecule has 1 heterocycles. The summed E-state index contributed by atoms with van der Waals surface area (Å²) in [5.74, 6) is 0. The fraction of sp³-hybridized carbons (Fsp3) is 0.0612.